The Kier molecular flexibility index (Phi) is 6.75. The topological polar surface area (TPSA) is 160 Å². The first kappa shape index (κ1) is 22.1. The van der Waals surface area contributed by atoms with Gasteiger partial charge in [0, 0.05) is 19.0 Å². The molecule has 0 atom stereocenters. The largest absolute Gasteiger partial charge is 0.497 e. The van der Waals surface area contributed by atoms with E-state index in [0.29, 0.717) is 30.1 Å². The molecule has 0 aliphatic heterocycles. The third-order valence-electron chi connectivity index (χ3n) is 4.55. The fourth-order valence-corrected chi connectivity index (χ4v) is 3.13. The molecule has 0 saturated carbocycles. The van der Waals surface area contributed by atoms with Crippen LogP contribution >= 0.6 is 11.6 Å². The normalized spacial score (nSPS) is 10.8. The number of hydrogen-bond acceptors (Lipinski definition) is 9. The maximum Gasteiger partial charge on any atom is 0.305 e. The van der Waals surface area contributed by atoms with E-state index in [4.69, 9.17) is 32.5 Å². The van der Waals surface area contributed by atoms with Gasteiger partial charge in [0.1, 0.15) is 11.6 Å². The van der Waals surface area contributed by atoms with Gasteiger partial charge in [0.2, 0.25) is 0 Å². The summed E-state index contributed by atoms with van der Waals surface area (Å²) < 4.78 is 11.9. The van der Waals surface area contributed by atoms with E-state index in [1.807, 2.05) is 16.7 Å². The van der Waals surface area contributed by atoms with Gasteiger partial charge in [-0.3, -0.25) is 9.59 Å². The molecular weight excluding hydrogens is 426 g/mol. The Morgan fingerprint density at radius 3 is 2.65 bits per heavy atom. The summed E-state index contributed by atoms with van der Waals surface area (Å²) >= 11 is 5.85. The van der Waals surface area contributed by atoms with Crippen molar-refractivity contribution in [2.24, 2.45) is 0 Å². The van der Waals surface area contributed by atoms with Gasteiger partial charge < -0.3 is 30.8 Å². The van der Waals surface area contributed by atoms with Crippen LogP contribution in [0.2, 0.25) is 5.15 Å². The molecule has 5 N–H and O–H groups in total. The molecule has 11 nitrogen and oxygen atoms in total. The summed E-state index contributed by atoms with van der Waals surface area (Å²) in [5.41, 5.74) is 12.7. The monoisotopic (exact) mass is 447 g/mol. The van der Waals surface area contributed by atoms with Crippen LogP contribution < -0.4 is 21.5 Å². The summed E-state index contributed by atoms with van der Waals surface area (Å²) in [5, 5.41) is 2.61. The minimum absolute atomic E-state index is 0.0583. The Morgan fingerprint density at radius 2 is 1.94 bits per heavy atom. The van der Waals surface area contributed by atoms with Crippen molar-refractivity contribution in [2.75, 3.05) is 25.7 Å². The van der Waals surface area contributed by atoms with Crippen LogP contribution in [0.3, 0.4) is 0 Å². The average Bonchev–Trinajstić information content (AvgIpc) is 3.10. The van der Waals surface area contributed by atoms with E-state index in [-0.39, 0.29) is 41.4 Å². The molecule has 0 bridgehead atoms. The summed E-state index contributed by atoms with van der Waals surface area (Å²) in [7, 11) is 2.92. The number of carbonyl (C=O) groups is 2. The number of aromatic nitrogens is 4. The zero-order valence-electron chi connectivity index (χ0n) is 17.0. The number of hydrogen-bond donors (Lipinski definition) is 3. The van der Waals surface area contributed by atoms with Gasteiger partial charge in [0.15, 0.2) is 22.5 Å². The number of nitrogens with zero attached hydrogens (tertiary/aromatic N) is 4. The zero-order chi connectivity index (χ0) is 22.5. The number of halogens is 1. The zero-order valence-corrected chi connectivity index (χ0v) is 17.8. The Morgan fingerprint density at radius 1 is 1.16 bits per heavy atom. The first-order valence-corrected chi connectivity index (χ1v) is 9.68. The number of anilines is 2. The van der Waals surface area contributed by atoms with Gasteiger partial charge in [0.05, 0.1) is 31.8 Å². The lowest BCUT2D eigenvalue weighted by Gasteiger charge is -2.11. The highest BCUT2D eigenvalue weighted by atomic mass is 35.5. The first-order chi connectivity index (χ1) is 14.8. The molecule has 0 fully saturated rings. The first-order valence-electron chi connectivity index (χ1n) is 9.30. The van der Waals surface area contributed by atoms with Crippen LogP contribution in [0.5, 0.6) is 5.75 Å². The van der Waals surface area contributed by atoms with E-state index in [2.05, 4.69) is 20.3 Å². The molecule has 2 aromatic heterocycles. The van der Waals surface area contributed by atoms with Crippen LogP contribution in [0.15, 0.2) is 18.2 Å². The van der Waals surface area contributed by atoms with Gasteiger partial charge >= 0.3 is 5.97 Å². The van der Waals surface area contributed by atoms with E-state index >= 15 is 0 Å². The SMILES string of the molecule is COC(=O)CCCn1c(CNC(=O)c2nc(Cl)c(N)nc2N)nc2cc(OC)ccc21. The van der Waals surface area contributed by atoms with Gasteiger partial charge in [-0.15, -0.1) is 0 Å². The predicted octanol–water partition coefficient (Wildman–Crippen LogP) is 1.54. The molecule has 1 amide bonds. The van der Waals surface area contributed by atoms with Gasteiger partial charge in [-0.05, 0) is 18.6 Å². The summed E-state index contributed by atoms with van der Waals surface area (Å²) in [6.45, 7) is 0.579. The molecule has 0 aliphatic carbocycles. The summed E-state index contributed by atoms with van der Waals surface area (Å²) in [6, 6.07) is 5.48. The molecule has 3 aromatic rings. The van der Waals surface area contributed by atoms with Crippen molar-refractivity contribution in [2.45, 2.75) is 25.9 Å². The highest BCUT2D eigenvalue weighted by Gasteiger charge is 2.18. The molecular formula is C19H22ClN7O4. The lowest BCUT2D eigenvalue weighted by Crippen LogP contribution is -2.27. The lowest BCUT2D eigenvalue weighted by atomic mass is 10.2. The number of carbonyl (C=O) groups excluding carboxylic acids is 2. The molecule has 0 aliphatic rings. The molecule has 164 valence electrons. The van der Waals surface area contributed by atoms with Crippen LogP contribution in [0.4, 0.5) is 11.6 Å². The number of nitrogens with two attached hydrogens (primary N) is 2. The summed E-state index contributed by atoms with van der Waals surface area (Å²) in [5.74, 6) is 0.178. The maximum atomic E-state index is 12.6. The lowest BCUT2D eigenvalue weighted by molar-refractivity contribution is -0.140. The van der Waals surface area contributed by atoms with Crippen molar-refractivity contribution in [3.05, 3.63) is 34.9 Å². The molecule has 0 spiro atoms. The number of ether oxygens (including phenoxy) is 2. The minimum atomic E-state index is -0.572. The van der Waals surface area contributed by atoms with Crippen LogP contribution in [0.25, 0.3) is 11.0 Å². The molecule has 31 heavy (non-hydrogen) atoms. The number of amides is 1. The van der Waals surface area contributed by atoms with Crippen molar-refractivity contribution in [1.82, 2.24) is 24.8 Å². The van der Waals surface area contributed by atoms with Gasteiger partial charge in [-0.1, -0.05) is 11.6 Å². The Bertz CT molecular complexity index is 1130. The number of rotatable bonds is 8. The molecule has 3 rings (SSSR count). The van der Waals surface area contributed by atoms with Gasteiger partial charge in [-0.25, -0.2) is 15.0 Å². The third kappa shape index (κ3) is 4.94. The van der Waals surface area contributed by atoms with E-state index < -0.39 is 5.91 Å². The van der Waals surface area contributed by atoms with E-state index in [1.54, 1.807) is 13.2 Å². The van der Waals surface area contributed by atoms with Crippen LogP contribution in [-0.4, -0.2) is 45.6 Å². The molecule has 0 unspecified atom stereocenters. The van der Waals surface area contributed by atoms with Crippen LogP contribution in [0.1, 0.15) is 29.2 Å². The van der Waals surface area contributed by atoms with E-state index in [1.165, 1.54) is 7.11 Å². The van der Waals surface area contributed by atoms with Crippen molar-refractivity contribution in [3.8, 4) is 5.75 Å². The molecule has 0 radical (unpaired) electrons. The number of nitrogen functional groups attached to an aromatic ring is 2. The number of esters is 1. The summed E-state index contributed by atoms with van der Waals surface area (Å²) in [6.07, 6.45) is 0.797. The second kappa shape index (κ2) is 9.47. The Hall–Kier alpha value is -3.60. The Labute approximate surface area is 182 Å². The second-order valence-electron chi connectivity index (χ2n) is 6.53. The molecule has 1 aromatic carbocycles. The average molecular weight is 448 g/mol. The highest BCUT2D eigenvalue weighted by molar-refractivity contribution is 6.31. The number of methoxy groups -OCH3 is 2. The number of aryl methyl sites for hydroxylation is 1. The van der Waals surface area contributed by atoms with Gasteiger partial charge in [-0.2, -0.15) is 0 Å². The molecule has 0 saturated heterocycles. The standard InChI is InChI=1S/C19H22ClN7O4/c1-30-10-5-6-12-11(8-10)24-13(27(12)7-3-4-14(28)31-2)9-23-19(29)15-17(21)26-18(22)16(20)25-15/h5-6,8H,3-4,7,9H2,1-2H3,(H,23,29)(H4,21,22,26). The molecule has 12 heteroatoms. The van der Waals surface area contributed by atoms with E-state index in [9.17, 15) is 9.59 Å². The predicted molar refractivity (Wildman–Crippen MR) is 115 cm³/mol. The van der Waals surface area contributed by atoms with Crippen molar-refractivity contribution in [1.29, 1.82) is 0 Å². The number of nitrogens with one attached hydrogen (secondary N) is 1. The van der Waals surface area contributed by atoms with Gasteiger partial charge in [0.25, 0.3) is 5.91 Å². The number of imidazole rings is 1. The van der Waals surface area contributed by atoms with E-state index in [0.717, 1.165) is 5.52 Å². The molecule has 2 heterocycles. The second-order valence-corrected chi connectivity index (χ2v) is 6.89. The van der Waals surface area contributed by atoms with Crippen molar-refractivity contribution < 1.29 is 19.1 Å². The summed E-state index contributed by atoms with van der Waals surface area (Å²) in [4.78, 5) is 36.3. The minimum Gasteiger partial charge on any atom is -0.497 e. The smallest absolute Gasteiger partial charge is 0.305 e. The number of benzene rings is 1. The maximum absolute atomic E-state index is 12.6. The fourth-order valence-electron chi connectivity index (χ4n) is 3.01. The van der Waals surface area contributed by atoms with Crippen LogP contribution in [0, 0.1) is 0 Å². The van der Waals surface area contributed by atoms with Crippen LogP contribution in [-0.2, 0) is 22.6 Å². The third-order valence-corrected chi connectivity index (χ3v) is 4.83. The Balaban J connectivity index is 1.84. The fraction of sp³-hybridized carbons (Fsp3) is 0.316. The highest BCUT2D eigenvalue weighted by Crippen LogP contribution is 2.23. The van der Waals surface area contributed by atoms with Crippen molar-refractivity contribution >= 4 is 46.1 Å². The van der Waals surface area contributed by atoms with Crippen molar-refractivity contribution in [3.63, 3.8) is 0 Å². The quantitative estimate of drug-likeness (QED) is 0.435. The number of fused-ring (bicyclic) bond motifs is 1.